The van der Waals surface area contributed by atoms with E-state index in [1.54, 1.807) is 18.3 Å². The van der Waals surface area contributed by atoms with Gasteiger partial charge in [0.05, 0.1) is 22.7 Å². The number of hydrogen-bond donors (Lipinski definition) is 1. The van der Waals surface area contributed by atoms with Crippen molar-refractivity contribution < 1.29 is 4.79 Å². The van der Waals surface area contributed by atoms with Gasteiger partial charge < -0.3 is 5.32 Å². The number of fused-ring (bicyclic) bond motifs is 1. The topological polar surface area (TPSA) is 76.9 Å². The molecule has 2 aromatic carbocycles. The average Bonchev–Trinajstić information content (AvgIpc) is 2.79. The maximum atomic E-state index is 13.3. The van der Waals surface area contributed by atoms with Crippen molar-refractivity contribution in [1.82, 2.24) is 19.9 Å². The molecule has 33 heavy (non-hydrogen) atoms. The highest BCUT2D eigenvalue weighted by atomic mass is 32.2. The smallest absolute Gasteiger partial charge is 0.267 e. The van der Waals surface area contributed by atoms with Crippen LogP contribution in [0.4, 0.5) is 0 Å². The highest BCUT2D eigenvalue weighted by Gasteiger charge is 2.17. The molecule has 0 aliphatic rings. The Hall–Kier alpha value is -3.45. The summed E-state index contributed by atoms with van der Waals surface area (Å²) in [7, 11) is 0. The van der Waals surface area contributed by atoms with Gasteiger partial charge in [0.15, 0.2) is 5.16 Å². The molecule has 4 rings (SSSR count). The molecule has 0 bridgehead atoms. The van der Waals surface area contributed by atoms with Crippen molar-refractivity contribution >= 4 is 28.6 Å². The zero-order valence-electron chi connectivity index (χ0n) is 19.1. The van der Waals surface area contributed by atoms with Crippen molar-refractivity contribution in [2.45, 2.75) is 38.9 Å². The molecule has 7 heteroatoms. The minimum Gasteiger partial charge on any atom is -0.349 e. The minimum atomic E-state index is -0.204. The summed E-state index contributed by atoms with van der Waals surface area (Å²) in [5.74, 6) is 0.493. The molecule has 2 aromatic heterocycles. The number of aryl methyl sites for hydroxylation is 3. The zero-order chi connectivity index (χ0) is 23.5. The SMILES string of the molecule is Cc1ccnc(-n2c(SCC(=O)NC(C)c3ccc(C)c(C)c3)nc3ccccc3c2=O)c1. The van der Waals surface area contributed by atoms with Crippen LogP contribution < -0.4 is 10.9 Å². The molecule has 0 radical (unpaired) electrons. The van der Waals surface area contributed by atoms with Crippen LogP contribution in [-0.2, 0) is 4.79 Å². The van der Waals surface area contributed by atoms with Crippen LogP contribution >= 0.6 is 11.8 Å². The van der Waals surface area contributed by atoms with Crippen molar-refractivity contribution in [3.8, 4) is 5.82 Å². The predicted molar refractivity (Wildman–Crippen MR) is 133 cm³/mol. The van der Waals surface area contributed by atoms with Gasteiger partial charge in [0.25, 0.3) is 5.56 Å². The van der Waals surface area contributed by atoms with Gasteiger partial charge in [0.2, 0.25) is 5.91 Å². The highest BCUT2D eigenvalue weighted by Crippen LogP contribution is 2.22. The Labute approximate surface area is 197 Å². The number of thioether (sulfide) groups is 1. The van der Waals surface area contributed by atoms with Crippen LogP contribution in [0.2, 0.25) is 0 Å². The van der Waals surface area contributed by atoms with E-state index in [-0.39, 0.29) is 23.3 Å². The van der Waals surface area contributed by atoms with Gasteiger partial charge in [-0.3, -0.25) is 9.59 Å². The Bertz CT molecular complexity index is 1400. The molecule has 0 aliphatic carbocycles. The lowest BCUT2D eigenvalue weighted by Gasteiger charge is -2.16. The van der Waals surface area contributed by atoms with Gasteiger partial charge in [-0.2, -0.15) is 0 Å². The van der Waals surface area contributed by atoms with Gasteiger partial charge in [0.1, 0.15) is 5.82 Å². The third-order valence-corrected chi connectivity index (χ3v) is 6.55. The fraction of sp³-hybridized carbons (Fsp3) is 0.231. The number of rotatable bonds is 6. The number of nitrogens with zero attached hydrogens (tertiary/aromatic N) is 3. The number of hydrogen-bond acceptors (Lipinski definition) is 5. The number of para-hydroxylation sites is 1. The summed E-state index contributed by atoms with van der Waals surface area (Å²) < 4.78 is 1.49. The van der Waals surface area contributed by atoms with Crippen LogP contribution in [0.15, 0.2) is 70.7 Å². The van der Waals surface area contributed by atoms with E-state index in [1.165, 1.54) is 27.5 Å². The summed E-state index contributed by atoms with van der Waals surface area (Å²) in [5.41, 5.74) is 4.84. The van der Waals surface area contributed by atoms with Gasteiger partial charge in [-0.15, -0.1) is 0 Å². The first-order chi connectivity index (χ1) is 15.8. The van der Waals surface area contributed by atoms with Crippen molar-refractivity contribution in [1.29, 1.82) is 0 Å². The number of aromatic nitrogens is 3. The van der Waals surface area contributed by atoms with Crippen molar-refractivity contribution in [3.63, 3.8) is 0 Å². The van der Waals surface area contributed by atoms with E-state index in [0.717, 1.165) is 11.1 Å². The number of amides is 1. The van der Waals surface area contributed by atoms with Gasteiger partial charge >= 0.3 is 0 Å². The predicted octanol–water partition coefficient (Wildman–Crippen LogP) is 4.68. The monoisotopic (exact) mass is 458 g/mol. The summed E-state index contributed by atoms with van der Waals surface area (Å²) >= 11 is 1.23. The molecule has 4 aromatic rings. The van der Waals surface area contributed by atoms with Crippen molar-refractivity contribution in [3.05, 3.63) is 93.4 Å². The van der Waals surface area contributed by atoms with Crippen molar-refractivity contribution in [2.75, 3.05) is 5.75 Å². The van der Waals surface area contributed by atoms with Crippen LogP contribution in [0.25, 0.3) is 16.7 Å². The van der Waals surface area contributed by atoms with Crippen LogP contribution in [0.3, 0.4) is 0 Å². The summed E-state index contributed by atoms with van der Waals surface area (Å²) in [6.45, 7) is 8.04. The zero-order valence-corrected chi connectivity index (χ0v) is 19.9. The van der Waals surface area contributed by atoms with E-state index in [0.29, 0.717) is 21.9 Å². The first kappa shape index (κ1) is 22.7. The lowest BCUT2D eigenvalue weighted by atomic mass is 10.0. The summed E-state index contributed by atoms with van der Waals surface area (Å²) in [4.78, 5) is 35.1. The summed E-state index contributed by atoms with van der Waals surface area (Å²) in [5, 5.41) is 3.99. The molecule has 1 unspecified atom stereocenters. The second kappa shape index (κ2) is 9.58. The summed E-state index contributed by atoms with van der Waals surface area (Å²) in [6.07, 6.45) is 1.67. The van der Waals surface area contributed by atoms with Gasteiger partial charge in [0, 0.05) is 6.20 Å². The highest BCUT2D eigenvalue weighted by molar-refractivity contribution is 7.99. The molecular weight excluding hydrogens is 432 g/mol. The number of carbonyl (C=O) groups is 1. The Morgan fingerprint density at radius 1 is 1.06 bits per heavy atom. The lowest BCUT2D eigenvalue weighted by molar-refractivity contribution is -0.119. The molecular formula is C26H26N4O2S. The van der Waals surface area contributed by atoms with Crippen molar-refractivity contribution in [2.24, 2.45) is 0 Å². The molecule has 1 amide bonds. The van der Waals surface area contributed by atoms with Gasteiger partial charge in [-0.25, -0.2) is 14.5 Å². The molecule has 168 valence electrons. The molecule has 1 N–H and O–H groups in total. The second-order valence-corrected chi connectivity index (χ2v) is 9.11. The van der Waals surface area contributed by atoms with Crippen LogP contribution in [0, 0.1) is 20.8 Å². The molecule has 0 spiro atoms. The van der Waals surface area contributed by atoms with E-state index >= 15 is 0 Å². The quantitative estimate of drug-likeness (QED) is 0.335. The first-order valence-electron chi connectivity index (χ1n) is 10.8. The largest absolute Gasteiger partial charge is 0.349 e. The molecule has 0 aliphatic heterocycles. The molecule has 0 fully saturated rings. The van der Waals surface area contributed by atoms with E-state index in [1.807, 2.05) is 44.2 Å². The lowest BCUT2D eigenvalue weighted by Crippen LogP contribution is -2.29. The Morgan fingerprint density at radius 3 is 2.61 bits per heavy atom. The minimum absolute atomic E-state index is 0.123. The fourth-order valence-corrected chi connectivity index (χ4v) is 4.40. The maximum absolute atomic E-state index is 13.3. The van der Waals surface area contributed by atoms with E-state index < -0.39 is 0 Å². The average molecular weight is 459 g/mol. The molecule has 6 nitrogen and oxygen atoms in total. The third kappa shape index (κ3) is 4.98. The molecule has 0 saturated heterocycles. The standard InChI is InChI=1S/C26H26N4O2S/c1-16-11-12-27-23(13-16)30-25(32)21-7-5-6-8-22(21)29-26(30)33-15-24(31)28-19(4)20-10-9-17(2)18(3)14-20/h5-14,19H,15H2,1-4H3,(H,28,31). The number of pyridine rings is 1. The summed E-state index contributed by atoms with van der Waals surface area (Å²) in [6, 6.07) is 17.0. The van der Waals surface area contributed by atoms with Crippen LogP contribution in [0.1, 0.15) is 35.2 Å². The van der Waals surface area contributed by atoms with E-state index in [4.69, 9.17) is 0 Å². The fourth-order valence-electron chi connectivity index (χ4n) is 3.58. The third-order valence-electron chi connectivity index (χ3n) is 5.62. The normalized spacial score (nSPS) is 12.0. The van der Waals surface area contributed by atoms with Gasteiger partial charge in [-0.05, 0) is 74.2 Å². The molecule has 1 atom stereocenters. The van der Waals surface area contributed by atoms with Gasteiger partial charge in [-0.1, -0.05) is 42.1 Å². The van der Waals surface area contributed by atoms with E-state index in [9.17, 15) is 9.59 Å². The number of carbonyl (C=O) groups excluding carboxylic acids is 1. The van der Waals surface area contributed by atoms with Crippen LogP contribution in [-0.4, -0.2) is 26.2 Å². The van der Waals surface area contributed by atoms with Crippen LogP contribution in [0.5, 0.6) is 0 Å². The Balaban J connectivity index is 1.60. The number of benzene rings is 2. The first-order valence-corrected chi connectivity index (χ1v) is 11.8. The Kier molecular flexibility index (Phi) is 6.60. The van der Waals surface area contributed by atoms with E-state index in [2.05, 4.69) is 41.3 Å². The number of nitrogens with one attached hydrogen (secondary N) is 1. The Morgan fingerprint density at radius 2 is 1.85 bits per heavy atom. The molecule has 0 saturated carbocycles. The second-order valence-electron chi connectivity index (χ2n) is 8.17. The molecule has 2 heterocycles. The maximum Gasteiger partial charge on any atom is 0.267 e.